The van der Waals surface area contributed by atoms with E-state index >= 15 is 0 Å². The molecule has 2 amide bonds. The molecule has 5 nitrogen and oxygen atoms in total. The summed E-state index contributed by atoms with van der Waals surface area (Å²) >= 11 is 5.91. The van der Waals surface area contributed by atoms with Gasteiger partial charge in [-0.15, -0.1) is 0 Å². The highest BCUT2D eigenvalue weighted by molar-refractivity contribution is 6.33. The summed E-state index contributed by atoms with van der Waals surface area (Å²) in [4.78, 5) is 23.5. The number of carbonyl (C=O) groups is 2. The van der Waals surface area contributed by atoms with Crippen LogP contribution in [0.3, 0.4) is 0 Å². The molecule has 0 bridgehead atoms. The molecule has 0 saturated carbocycles. The summed E-state index contributed by atoms with van der Waals surface area (Å²) in [6.07, 6.45) is 1.53. The number of hydrogen-bond acceptors (Lipinski definition) is 3. The molecular formula is C17H16ClN3O2. The number of carbonyl (C=O) groups excluding carboxylic acids is 2. The number of hydrazone groups is 1. The zero-order valence-electron chi connectivity index (χ0n) is 12.5. The van der Waals surface area contributed by atoms with E-state index in [1.54, 1.807) is 24.3 Å². The number of benzene rings is 2. The molecule has 0 aliphatic rings. The van der Waals surface area contributed by atoms with Crippen LogP contribution in [0.1, 0.15) is 21.5 Å². The minimum Gasteiger partial charge on any atom is -0.343 e. The third-order valence-electron chi connectivity index (χ3n) is 3.01. The molecule has 0 aliphatic carbocycles. The molecule has 0 radical (unpaired) electrons. The maximum absolute atomic E-state index is 11.9. The van der Waals surface area contributed by atoms with Gasteiger partial charge in [-0.2, -0.15) is 5.10 Å². The zero-order chi connectivity index (χ0) is 16.7. The molecule has 0 aliphatic heterocycles. The maximum Gasteiger partial charge on any atom is 0.259 e. The smallest absolute Gasteiger partial charge is 0.259 e. The lowest BCUT2D eigenvalue weighted by Gasteiger charge is -2.05. The molecule has 23 heavy (non-hydrogen) atoms. The highest BCUT2D eigenvalue weighted by Gasteiger charge is 2.10. The fraction of sp³-hybridized carbons (Fsp3) is 0.118. The summed E-state index contributed by atoms with van der Waals surface area (Å²) in [5.74, 6) is -0.831. The maximum atomic E-state index is 11.9. The summed E-state index contributed by atoms with van der Waals surface area (Å²) in [7, 11) is 0. The Balaban J connectivity index is 1.80. The Morgan fingerprint density at radius 1 is 1.13 bits per heavy atom. The molecule has 118 valence electrons. The van der Waals surface area contributed by atoms with Crippen molar-refractivity contribution in [1.82, 2.24) is 10.7 Å². The Morgan fingerprint density at radius 3 is 2.52 bits per heavy atom. The summed E-state index contributed by atoms with van der Waals surface area (Å²) < 4.78 is 0. The van der Waals surface area contributed by atoms with Crippen molar-refractivity contribution in [3.8, 4) is 0 Å². The van der Waals surface area contributed by atoms with Crippen LogP contribution in [0.2, 0.25) is 5.02 Å². The molecule has 0 heterocycles. The van der Waals surface area contributed by atoms with Gasteiger partial charge in [0.25, 0.3) is 11.8 Å². The van der Waals surface area contributed by atoms with Crippen LogP contribution >= 0.6 is 11.6 Å². The van der Waals surface area contributed by atoms with E-state index in [-0.39, 0.29) is 6.54 Å². The predicted molar refractivity (Wildman–Crippen MR) is 90.7 cm³/mol. The van der Waals surface area contributed by atoms with Crippen LogP contribution in [0.5, 0.6) is 0 Å². The third-order valence-corrected chi connectivity index (χ3v) is 3.34. The quantitative estimate of drug-likeness (QED) is 0.653. The second-order valence-corrected chi connectivity index (χ2v) is 5.27. The van der Waals surface area contributed by atoms with Crippen LogP contribution in [0.25, 0.3) is 0 Å². The highest BCUT2D eigenvalue weighted by Crippen LogP contribution is 2.14. The van der Waals surface area contributed by atoms with E-state index in [1.807, 2.05) is 31.2 Å². The van der Waals surface area contributed by atoms with E-state index in [4.69, 9.17) is 11.6 Å². The van der Waals surface area contributed by atoms with Crippen molar-refractivity contribution >= 4 is 29.6 Å². The molecule has 2 aromatic carbocycles. The van der Waals surface area contributed by atoms with Crippen LogP contribution in [0, 0.1) is 6.92 Å². The van der Waals surface area contributed by atoms with Crippen molar-refractivity contribution < 1.29 is 9.59 Å². The van der Waals surface area contributed by atoms with Gasteiger partial charge in [-0.05, 0) is 24.6 Å². The number of halogens is 1. The first-order chi connectivity index (χ1) is 11.1. The van der Waals surface area contributed by atoms with Crippen LogP contribution in [0.15, 0.2) is 53.6 Å². The lowest BCUT2D eigenvalue weighted by Crippen LogP contribution is -2.35. The summed E-state index contributed by atoms with van der Waals surface area (Å²) in [6, 6.07) is 14.3. The van der Waals surface area contributed by atoms with E-state index in [0.29, 0.717) is 10.6 Å². The van der Waals surface area contributed by atoms with Crippen LogP contribution in [0.4, 0.5) is 0 Å². The molecule has 0 aromatic heterocycles. The monoisotopic (exact) mass is 329 g/mol. The molecule has 2 rings (SSSR count). The highest BCUT2D eigenvalue weighted by atomic mass is 35.5. The van der Waals surface area contributed by atoms with E-state index in [2.05, 4.69) is 15.8 Å². The molecule has 2 aromatic rings. The first-order valence-corrected chi connectivity index (χ1v) is 7.35. The number of hydrogen-bond donors (Lipinski definition) is 2. The fourth-order valence-electron chi connectivity index (χ4n) is 1.77. The number of nitrogens with one attached hydrogen (secondary N) is 2. The Labute approximate surface area is 139 Å². The van der Waals surface area contributed by atoms with E-state index < -0.39 is 11.8 Å². The average molecular weight is 330 g/mol. The second-order valence-electron chi connectivity index (χ2n) is 4.87. The van der Waals surface area contributed by atoms with Crippen LogP contribution in [-0.4, -0.2) is 24.6 Å². The fourth-order valence-corrected chi connectivity index (χ4v) is 1.99. The van der Waals surface area contributed by atoms with Crippen molar-refractivity contribution in [3.05, 3.63) is 70.2 Å². The van der Waals surface area contributed by atoms with Gasteiger partial charge in [0.05, 0.1) is 23.3 Å². The van der Waals surface area contributed by atoms with Gasteiger partial charge in [-0.25, -0.2) is 5.43 Å². The largest absolute Gasteiger partial charge is 0.343 e. The summed E-state index contributed by atoms with van der Waals surface area (Å²) in [5, 5.41) is 6.66. The van der Waals surface area contributed by atoms with Crippen molar-refractivity contribution in [1.29, 1.82) is 0 Å². The topological polar surface area (TPSA) is 70.6 Å². The Bertz CT molecular complexity index is 727. The first-order valence-electron chi connectivity index (χ1n) is 6.97. The average Bonchev–Trinajstić information content (AvgIpc) is 2.55. The summed E-state index contributed by atoms with van der Waals surface area (Å²) in [5.41, 5.74) is 4.69. The molecule has 0 atom stereocenters. The van der Waals surface area contributed by atoms with Crippen molar-refractivity contribution in [2.75, 3.05) is 6.54 Å². The SMILES string of the molecule is Cc1ccc(/C=N\NC(=O)CNC(=O)c2ccccc2Cl)cc1. The Kier molecular flexibility index (Phi) is 5.88. The van der Waals surface area contributed by atoms with Gasteiger partial charge in [-0.3, -0.25) is 9.59 Å². The number of amides is 2. The van der Waals surface area contributed by atoms with Gasteiger partial charge in [0.1, 0.15) is 0 Å². The second kappa shape index (κ2) is 8.10. The lowest BCUT2D eigenvalue weighted by atomic mass is 10.2. The van der Waals surface area contributed by atoms with E-state index in [0.717, 1.165) is 11.1 Å². The van der Waals surface area contributed by atoms with Crippen molar-refractivity contribution in [2.45, 2.75) is 6.92 Å². The lowest BCUT2D eigenvalue weighted by molar-refractivity contribution is -0.120. The minimum atomic E-state index is -0.422. The van der Waals surface area contributed by atoms with E-state index in [9.17, 15) is 9.59 Å². The predicted octanol–water partition coefficient (Wildman–Crippen LogP) is 2.53. The van der Waals surface area contributed by atoms with Crippen molar-refractivity contribution in [2.24, 2.45) is 5.10 Å². The molecule has 0 saturated heterocycles. The Morgan fingerprint density at radius 2 is 1.83 bits per heavy atom. The molecular weight excluding hydrogens is 314 g/mol. The number of nitrogens with zero attached hydrogens (tertiary/aromatic N) is 1. The number of aryl methyl sites for hydroxylation is 1. The molecule has 0 fully saturated rings. The normalized spacial score (nSPS) is 10.5. The van der Waals surface area contributed by atoms with Crippen LogP contribution < -0.4 is 10.7 Å². The zero-order valence-corrected chi connectivity index (χ0v) is 13.3. The molecule has 6 heteroatoms. The van der Waals surface area contributed by atoms with Gasteiger partial charge in [0.2, 0.25) is 0 Å². The first kappa shape index (κ1) is 16.7. The van der Waals surface area contributed by atoms with Gasteiger partial charge >= 0.3 is 0 Å². The van der Waals surface area contributed by atoms with E-state index in [1.165, 1.54) is 6.21 Å². The molecule has 2 N–H and O–H groups in total. The standard InChI is InChI=1S/C17H16ClN3O2/c1-12-6-8-13(9-7-12)10-20-21-16(22)11-19-17(23)14-4-2-3-5-15(14)18/h2-10H,11H2,1H3,(H,19,23)(H,21,22)/b20-10-. The third kappa shape index (κ3) is 5.23. The van der Waals surface area contributed by atoms with Crippen molar-refractivity contribution in [3.63, 3.8) is 0 Å². The minimum absolute atomic E-state index is 0.185. The van der Waals surface area contributed by atoms with Crippen LogP contribution in [-0.2, 0) is 4.79 Å². The van der Waals surface area contributed by atoms with Gasteiger partial charge in [0.15, 0.2) is 0 Å². The van der Waals surface area contributed by atoms with Gasteiger partial charge in [-0.1, -0.05) is 53.6 Å². The van der Waals surface area contributed by atoms with Gasteiger partial charge in [0, 0.05) is 0 Å². The molecule has 0 unspecified atom stereocenters. The number of rotatable bonds is 5. The Hall–Kier alpha value is -2.66. The molecule has 0 spiro atoms. The van der Waals surface area contributed by atoms with Gasteiger partial charge < -0.3 is 5.32 Å². The summed E-state index contributed by atoms with van der Waals surface area (Å²) in [6.45, 7) is 1.81.